The van der Waals surface area contributed by atoms with Gasteiger partial charge < -0.3 is 9.47 Å². The molecule has 1 aliphatic heterocycles. The second-order valence-electron chi connectivity index (χ2n) is 3.82. The van der Waals surface area contributed by atoms with Crippen molar-refractivity contribution in [3.63, 3.8) is 0 Å². The van der Waals surface area contributed by atoms with Crippen molar-refractivity contribution in [2.75, 3.05) is 19.8 Å². The van der Waals surface area contributed by atoms with Gasteiger partial charge in [-0.1, -0.05) is 0 Å². The third kappa shape index (κ3) is 2.46. The number of hydrogen-bond donors (Lipinski definition) is 0. The van der Waals surface area contributed by atoms with Gasteiger partial charge in [0.05, 0.1) is 19.8 Å². The van der Waals surface area contributed by atoms with Crippen LogP contribution in [0.25, 0.3) is 0 Å². The summed E-state index contributed by atoms with van der Waals surface area (Å²) in [6.07, 6.45) is -0.602. The van der Waals surface area contributed by atoms with Crippen molar-refractivity contribution < 1.29 is 18.7 Å². The van der Waals surface area contributed by atoms with Crippen molar-refractivity contribution >= 4 is 5.78 Å². The predicted octanol–water partition coefficient (Wildman–Crippen LogP) is 1.73. The highest BCUT2D eigenvalue weighted by molar-refractivity contribution is 5.99. The Bertz CT molecular complexity index is 377. The first-order valence-electron chi connectivity index (χ1n) is 5.17. The van der Waals surface area contributed by atoms with Crippen LogP contribution in [0.1, 0.15) is 15.9 Å². The quantitative estimate of drug-likeness (QED) is 0.718. The molecule has 1 saturated heterocycles. The first-order chi connectivity index (χ1) is 7.66. The Morgan fingerprint density at radius 2 is 2.19 bits per heavy atom. The number of halogens is 1. The number of rotatable bonds is 2. The smallest absolute Gasteiger partial charge is 0.194 e. The molecule has 1 aliphatic rings. The van der Waals surface area contributed by atoms with E-state index in [9.17, 15) is 9.18 Å². The average Bonchev–Trinajstić information content (AvgIpc) is 2.28. The van der Waals surface area contributed by atoms with Gasteiger partial charge in [-0.2, -0.15) is 0 Å². The highest BCUT2D eigenvalue weighted by Gasteiger charge is 2.24. The Kier molecular flexibility index (Phi) is 3.31. The van der Waals surface area contributed by atoms with Gasteiger partial charge in [0.15, 0.2) is 5.78 Å². The van der Waals surface area contributed by atoms with Crippen molar-refractivity contribution in [3.05, 3.63) is 35.1 Å². The standard InChI is InChI=1S/C12H13FO3/c1-8-4-9(6-10(13)5-8)12(14)11-7-15-2-3-16-11/h4-6,11H,2-3,7H2,1H3. The van der Waals surface area contributed by atoms with E-state index in [0.29, 0.717) is 18.8 Å². The number of ketones is 1. The number of carbonyl (C=O) groups is 1. The van der Waals surface area contributed by atoms with E-state index >= 15 is 0 Å². The summed E-state index contributed by atoms with van der Waals surface area (Å²) in [6.45, 7) is 2.91. The normalized spacial score (nSPS) is 20.8. The molecule has 2 rings (SSSR count). The highest BCUT2D eigenvalue weighted by atomic mass is 19.1. The summed E-state index contributed by atoms with van der Waals surface area (Å²) >= 11 is 0. The Balaban J connectivity index is 2.19. The summed E-state index contributed by atoms with van der Waals surface area (Å²) in [6, 6.07) is 4.27. The van der Waals surface area contributed by atoms with Crippen LogP contribution in [0.2, 0.25) is 0 Å². The van der Waals surface area contributed by atoms with Gasteiger partial charge in [-0.3, -0.25) is 4.79 Å². The van der Waals surface area contributed by atoms with E-state index < -0.39 is 11.9 Å². The van der Waals surface area contributed by atoms with Gasteiger partial charge >= 0.3 is 0 Å². The minimum atomic E-state index is -0.602. The molecular formula is C12H13FO3. The van der Waals surface area contributed by atoms with Gasteiger partial charge in [-0.05, 0) is 30.7 Å². The molecule has 16 heavy (non-hydrogen) atoms. The molecule has 86 valence electrons. The van der Waals surface area contributed by atoms with Crippen LogP contribution < -0.4 is 0 Å². The van der Waals surface area contributed by atoms with E-state index in [2.05, 4.69) is 0 Å². The van der Waals surface area contributed by atoms with Crippen LogP contribution in [0.3, 0.4) is 0 Å². The van der Waals surface area contributed by atoms with Crippen LogP contribution in [-0.4, -0.2) is 31.7 Å². The molecule has 0 N–H and O–H groups in total. The molecule has 0 aliphatic carbocycles. The van der Waals surface area contributed by atoms with Crippen molar-refractivity contribution in [1.82, 2.24) is 0 Å². The van der Waals surface area contributed by atoms with Gasteiger partial charge in [0, 0.05) is 5.56 Å². The number of benzene rings is 1. The third-order valence-electron chi connectivity index (χ3n) is 2.44. The van der Waals surface area contributed by atoms with Gasteiger partial charge in [-0.25, -0.2) is 4.39 Å². The second kappa shape index (κ2) is 4.72. The number of ether oxygens (including phenoxy) is 2. The topological polar surface area (TPSA) is 35.5 Å². The third-order valence-corrected chi connectivity index (χ3v) is 2.44. The van der Waals surface area contributed by atoms with Crippen molar-refractivity contribution in [1.29, 1.82) is 0 Å². The maximum atomic E-state index is 13.1. The van der Waals surface area contributed by atoms with Gasteiger partial charge in [0.25, 0.3) is 0 Å². The fourth-order valence-corrected chi connectivity index (χ4v) is 1.70. The number of hydrogen-bond acceptors (Lipinski definition) is 3. The zero-order valence-corrected chi connectivity index (χ0v) is 9.03. The molecule has 0 aromatic heterocycles. The Morgan fingerprint density at radius 3 is 2.81 bits per heavy atom. The SMILES string of the molecule is Cc1cc(F)cc(C(=O)C2COCCO2)c1. The molecule has 0 spiro atoms. The predicted molar refractivity (Wildman–Crippen MR) is 56.0 cm³/mol. The summed E-state index contributed by atoms with van der Waals surface area (Å²) in [5.41, 5.74) is 1.06. The van der Waals surface area contributed by atoms with Crippen LogP contribution in [0.15, 0.2) is 18.2 Å². The number of aryl methyl sites for hydroxylation is 1. The molecule has 3 nitrogen and oxygen atoms in total. The molecular weight excluding hydrogens is 211 g/mol. The van der Waals surface area contributed by atoms with E-state index in [1.807, 2.05) is 0 Å². The molecule has 1 aromatic rings. The summed E-state index contributed by atoms with van der Waals surface area (Å²) in [4.78, 5) is 11.9. The summed E-state index contributed by atoms with van der Waals surface area (Å²) in [7, 11) is 0. The molecule has 4 heteroatoms. The maximum Gasteiger partial charge on any atom is 0.194 e. The molecule has 1 unspecified atom stereocenters. The first kappa shape index (κ1) is 11.2. The minimum absolute atomic E-state index is 0.220. The van der Waals surface area contributed by atoms with Gasteiger partial charge in [-0.15, -0.1) is 0 Å². The Labute approximate surface area is 93.2 Å². The van der Waals surface area contributed by atoms with Gasteiger partial charge in [0.1, 0.15) is 11.9 Å². The fraction of sp³-hybridized carbons (Fsp3) is 0.417. The largest absolute Gasteiger partial charge is 0.376 e. The summed E-state index contributed by atoms with van der Waals surface area (Å²) in [5.74, 6) is -0.623. The molecule has 1 heterocycles. The number of carbonyl (C=O) groups excluding carboxylic acids is 1. The lowest BCUT2D eigenvalue weighted by Gasteiger charge is -2.21. The minimum Gasteiger partial charge on any atom is -0.376 e. The lowest BCUT2D eigenvalue weighted by Crippen LogP contribution is -2.35. The van der Waals surface area contributed by atoms with E-state index in [4.69, 9.17) is 9.47 Å². The lowest BCUT2D eigenvalue weighted by atomic mass is 10.0. The Morgan fingerprint density at radius 1 is 1.38 bits per heavy atom. The van der Waals surface area contributed by atoms with E-state index in [-0.39, 0.29) is 12.4 Å². The average molecular weight is 224 g/mol. The zero-order valence-electron chi connectivity index (χ0n) is 9.03. The zero-order chi connectivity index (χ0) is 11.5. The van der Waals surface area contributed by atoms with Crippen LogP contribution in [0.4, 0.5) is 4.39 Å². The van der Waals surface area contributed by atoms with Crippen molar-refractivity contribution in [2.24, 2.45) is 0 Å². The lowest BCUT2D eigenvalue weighted by molar-refractivity contribution is -0.0719. The van der Waals surface area contributed by atoms with E-state index in [1.165, 1.54) is 12.1 Å². The van der Waals surface area contributed by atoms with E-state index in [1.54, 1.807) is 13.0 Å². The van der Waals surface area contributed by atoms with Crippen LogP contribution >= 0.6 is 0 Å². The van der Waals surface area contributed by atoms with Crippen LogP contribution in [0, 0.1) is 12.7 Å². The molecule has 1 atom stereocenters. The highest BCUT2D eigenvalue weighted by Crippen LogP contribution is 2.13. The molecule has 1 fully saturated rings. The number of Topliss-reactive ketones (excluding diaryl/α,β-unsaturated/α-hetero) is 1. The molecule has 0 amide bonds. The monoisotopic (exact) mass is 224 g/mol. The van der Waals surface area contributed by atoms with Crippen LogP contribution in [-0.2, 0) is 9.47 Å². The first-order valence-corrected chi connectivity index (χ1v) is 5.17. The fourth-order valence-electron chi connectivity index (χ4n) is 1.70. The molecule has 0 saturated carbocycles. The molecule has 1 aromatic carbocycles. The van der Waals surface area contributed by atoms with E-state index in [0.717, 1.165) is 5.56 Å². The second-order valence-corrected chi connectivity index (χ2v) is 3.82. The molecule has 0 radical (unpaired) electrons. The van der Waals surface area contributed by atoms with Crippen LogP contribution in [0.5, 0.6) is 0 Å². The Hall–Kier alpha value is -1.26. The summed E-state index contributed by atoms with van der Waals surface area (Å²) in [5, 5.41) is 0. The maximum absolute atomic E-state index is 13.1. The van der Waals surface area contributed by atoms with Crippen molar-refractivity contribution in [2.45, 2.75) is 13.0 Å². The van der Waals surface area contributed by atoms with Gasteiger partial charge in [0.2, 0.25) is 0 Å². The summed E-state index contributed by atoms with van der Waals surface area (Å²) < 4.78 is 23.6. The molecule has 0 bridgehead atoms. The van der Waals surface area contributed by atoms with Crippen molar-refractivity contribution in [3.8, 4) is 0 Å².